The number of benzene rings is 1. The average Bonchev–Trinajstić information content (AvgIpc) is 3.35. The molecule has 8 nitrogen and oxygen atoms in total. The Bertz CT molecular complexity index is 1130. The van der Waals surface area contributed by atoms with Crippen molar-refractivity contribution in [1.29, 1.82) is 0 Å². The predicted octanol–water partition coefficient (Wildman–Crippen LogP) is 3.49. The Morgan fingerprint density at radius 3 is 2.66 bits per heavy atom. The molecule has 1 N–H and O–H groups in total. The number of hydrogen-bond donors (Lipinski definition) is 1. The number of amides is 1. The Balaban J connectivity index is 1.57. The van der Waals surface area contributed by atoms with Crippen LogP contribution in [0.15, 0.2) is 48.9 Å². The van der Waals surface area contributed by atoms with Crippen molar-refractivity contribution in [3.63, 3.8) is 0 Å². The minimum atomic E-state index is -0.343. The van der Waals surface area contributed by atoms with Crippen molar-refractivity contribution in [1.82, 2.24) is 24.6 Å². The van der Waals surface area contributed by atoms with Gasteiger partial charge in [0.2, 0.25) is 10.1 Å². The highest BCUT2D eigenvalue weighted by atomic mass is 32.1. The van der Waals surface area contributed by atoms with Crippen LogP contribution in [0, 0.1) is 0 Å². The van der Waals surface area contributed by atoms with E-state index in [9.17, 15) is 4.79 Å². The smallest absolute Gasteiger partial charge is 0.277 e. The largest absolute Gasteiger partial charge is 0.347 e. The van der Waals surface area contributed by atoms with Crippen LogP contribution in [0.25, 0.3) is 16.2 Å². The topological polar surface area (TPSA) is 88.3 Å². The van der Waals surface area contributed by atoms with Gasteiger partial charge in [0.05, 0.1) is 6.20 Å². The van der Waals surface area contributed by atoms with Crippen molar-refractivity contribution in [3.05, 3.63) is 54.6 Å². The molecule has 146 valence electrons. The molecule has 0 radical (unpaired) electrons. The lowest BCUT2D eigenvalue weighted by Crippen LogP contribution is -2.29. The molecular weight excluding hydrogens is 386 g/mol. The number of carbonyl (C=O) groups is 1. The maximum absolute atomic E-state index is 12.8. The third kappa shape index (κ3) is 3.44. The average molecular weight is 405 g/mol. The summed E-state index contributed by atoms with van der Waals surface area (Å²) in [7, 11) is 0. The molecule has 1 fully saturated rings. The van der Waals surface area contributed by atoms with Gasteiger partial charge in [0, 0.05) is 31.0 Å². The van der Waals surface area contributed by atoms with Crippen LogP contribution in [0.1, 0.15) is 29.8 Å². The highest BCUT2D eigenvalue weighted by Gasteiger charge is 2.23. The van der Waals surface area contributed by atoms with Crippen LogP contribution in [0.3, 0.4) is 0 Å². The number of piperidine rings is 1. The summed E-state index contributed by atoms with van der Waals surface area (Å²) in [6.45, 7) is 2.01. The van der Waals surface area contributed by atoms with Crippen LogP contribution in [0.5, 0.6) is 0 Å². The fraction of sp³-hybridized carbons (Fsp3) is 0.250. The Morgan fingerprint density at radius 2 is 1.90 bits per heavy atom. The van der Waals surface area contributed by atoms with Gasteiger partial charge in [0.25, 0.3) is 5.91 Å². The molecule has 5 rings (SSSR count). The van der Waals surface area contributed by atoms with Gasteiger partial charge in [-0.25, -0.2) is 9.97 Å². The summed E-state index contributed by atoms with van der Waals surface area (Å²) in [5.41, 5.74) is 1.85. The van der Waals surface area contributed by atoms with Crippen molar-refractivity contribution in [2.24, 2.45) is 0 Å². The summed E-state index contributed by atoms with van der Waals surface area (Å²) in [5.74, 6) is 0.200. The van der Waals surface area contributed by atoms with E-state index in [0.29, 0.717) is 11.5 Å². The van der Waals surface area contributed by atoms with Crippen molar-refractivity contribution in [2.75, 3.05) is 23.3 Å². The molecule has 0 bridgehead atoms. The first-order chi connectivity index (χ1) is 14.3. The highest BCUT2D eigenvalue weighted by molar-refractivity contribution is 7.20. The normalized spacial score (nSPS) is 14.3. The van der Waals surface area contributed by atoms with Gasteiger partial charge in [-0.15, -0.1) is 5.10 Å². The standard InChI is InChI=1S/C20H19N7OS/c28-18(15-13-21-9-10-22-15)24-17-16(14-7-3-1-4-8-14)23-19-27(17)25-20(29-19)26-11-5-2-6-12-26/h1,3-4,7-10,13H,2,5-6,11-12H2,(H,24,28). The summed E-state index contributed by atoms with van der Waals surface area (Å²) >= 11 is 1.54. The van der Waals surface area contributed by atoms with Crippen molar-refractivity contribution >= 4 is 33.2 Å². The fourth-order valence-corrected chi connectivity index (χ4v) is 4.40. The molecule has 1 saturated heterocycles. The van der Waals surface area contributed by atoms with Gasteiger partial charge < -0.3 is 10.2 Å². The third-order valence-corrected chi connectivity index (χ3v) is 5.86. The second-order valence-electron chi connectivity index (χ2n) is 6.85. The number of nitrogens with one attached hydrogen (secondary N) is 1. The first kappa shape index (κ1) is 17.7. The molecule has 1 aliphatic heterocycles. The number of nitrogens with zero attached hydrogens (tertiary/aromatic N) is 6. The molecule has 0 aliphatic carbocycles. The summed E-state index contributed by atoms with van der Waals surface area (Å²) in [6.07, 6.45) is 8.08. The number of fused-ring (bicyclic) bond motifs is 1. The van der Waals surface area contributed by atoms with Gasteiger partial charge in [-0.3, -0.25) is 9.78 Å². The first-order valence-corrected chi connectivity index (χ1v) is 10.4. The van der Waals surface area contributed by atoms with E-state index in [1.54, 1.807) is 15.9 Å². The molecule has 3 aromatic heterocycles. The molecule has 0 atom stereocenters. The zero-order valence-electron chi connectivity index (χ0n) is 15.7. The van der Waals surface area contributed by atoms with Gasteiger partial charge in [0.1, 0.15) is 11.4 Å². The number of imidazole rings is 1. The van der Waals surface area contributed by atoms with E-state index in [-0.39, 0.29) is 11.6 Å². The Hall–Kier alpha value is -3.33. The van der Waals surface area contributed by atoms with E-state index in [0.717, 1.165) is 28.7 Å². The summed E-state index contributed by atoms with van der Waals surface area (Å²) in [4.78, 5) is 28.7. The number of hydrogen-bond acceptors (Lipinski definition) is 7. The second kappa shape index (κ2) is 7.59. The molecular formula is C20H19N7OS. The number of rotatable bonds is 4. The minimum absolute atomic E-state index is 0.243. The van der Waals surface area contributed by atoms with Crippen LogP contribution < -0.4 is 10.2 Å². The maximum Gasteiger partial charge on any atom is 0.277 e. The Kier molecular flexibility index (Phi) is 4.65. The van der Waals surface area contributed by atoms with E-state index in [4.69, 9.17) is 10.1 Å². The Labute approximate surface area is 171 Å². The van der Waals surface area contributed by atoms with Crippen molar-refractivity contribution in [3.8, 4) is 11.3 Å². The van der Waals surface area contributed by atoms with Gasteiger partial charge >= 0.3 is 0 Å². The van der Waals surface area contributed by atoms with Crippen molar-refractivity contribution in [2.45, 2.75) is 19.3 Å². The number of aromatic nitrogens is 5. The van der Waals surface area contributed by atoms with Gasteiger partial charge in [-0.1, -0.05) is 41.7 Å². The molecule has 4 aromatic rings. The molecule has 29 heavy (non-hydrogen) atoms. The summed E-state index contributed by atoms with van der Waals surface area (Å²) in [6, 6.07) is 9.78. The lowest BCUT2D eigenvalue weighted by Gasteiger charge is -2.25. The van der Waals surface area contributed by atoms with Gasteiger partial charge in [-0.2, -0.15) is 4.52 Å². The Morgan fingerprint density at radius 1 is 1.07 bits per heavy atom. The van der Waals surface area contributed by atoms with E-state index in [1.807, 2.05) is 30.3 Å². The zero-order chi connectivity index (χ0) is 19.6. The quantitative estimate of drug-likeness (QED) is 0.559. The first-order valence-electron chi connectivity index (χ1n) is 9.57. The third-order valence-electron chi connectivity index (χ3n) is 4.89. The summed E-state index contributed by atoms with van der Waals surface area (Å²) < 4.78 is 1.73. The van der Waals surface area contributed by atoms with E-state index in [2.05, 4.69) is 20.2 Å². The summed E-state index contributed by atoms with van der Waals surface area (Å²) in [5, 5.41) is 8.66. The second-order valence-corrected chi connectivity index (χ2v) is 7.78. The van der Waals surface area contributed by atoms with E-state index in [1.165, 1.54) is 37.9 Å². The van der Waals surface area contributed by atoms with Crippen LogP contribution in [0.2, 0.25) is 0 Å². The number of anilines is 2. The van der Waals surface area contributed by atoms with Gasteiger partial charge in [0.15, 0.2) is 5.82 Å². The monoisotopic (exact) mass is 405 g/mol. The molecule has 0 spiro atoms. The van der Waals surface area contributed by atoms with E-state index >= 15 is 0 Å². The molecule has 1 amide bonds. The van der Waals surface area contributed by atoms with Crippen LogP contribution in [0.4, 0.5) is 10.9 Å². The fourth-order valence-electron chi connectivity index (χ4n) is 3.45. The van der Waals surface area contributed by atoms with Crippen LogP contribution in [-0.4, -0.2) is 43.6 Å². The molecule has 0 saturated carbocycles. The lowest BCUT2D eigenvalue weighted by molar-refractivity contribution is 0.102. The minimum Gasteiger partial charge on any atom is -0.347 e. The molecule has 1 aromatic carbocycles. The van der Waals surface area contributed by atoms with Crippen LogP contribution in [-0.2, 0) is 0 Å². The molecule has 9 heteroatoms. The lowest BCUT2D eigenvalue weighted by atomic mass is 10.1. The molecule has 0 unspecified atom stereocenters. The number of carbonyl (C=O) groups excluding carboxylic acids is 1. The predicted molar refractivity (Wildman–Crippen MR) is 112 cm³/mol. The molecule has 4 heterocycles. The maximum atomic E-state index is 12.8. The zero-order valence-corrected chi connectivity index (χ0v) is 16.5. The highest BCUT2D eigenvalue weighted by Crippen LogP contribution is 2.34. The van der Waals surface area contributed by atoms with E-state index < -0.39 is 0 Å². The SMILES string of the molecule is O=C(Nc1c(-c2ccccc2)nc2sc(N3CCCCC3)nn12)c1cnccn1. The van der Waals surface area contributed by atoms with Gasteiger partial charge in [-0.05, 0) is 19.3 Å². The van der Waals surface area contributed by atoms with Crippen molar-refractivity contribution < 1.29 is 4.79 Å². The molecule has 1 aliphatic rings. The van der Waals surface area contributed by atoms with Crippen LogP contribution >= 0.6 is 11.3 Å².